The van der Waals surface area contributed by atoms with Crippen LogP contribution in [0.1, 0.15) is 85.5 Å². The summed E-state index contributed by atoms with van der Waals surface area (Å²) in [4.78, 5) is 35.2. The van der Waals surface area contributed by atoms with Crippen LogP contribution in [0.4, 0.5) is 8.78 Å². The van der Waals surface area contributed by atoms with Gasteiger partial charge >= 0.3 is 7.82 Å². The zero-order valence-corrected chi connectivity index (χ0v) is 37.6. The van der Waals surface area contributed by atoms with Gasteiger partial charge in [-0.3, -0.25) is 14.0 Å². The maximum absolute atomic E-state index is 14.7. The molecule has 0 aliphatic carbocycles. The molecule has 16 heteroatoms. The largest absolute Gasteiger partial charge is 0.746 e. The number of carbonyl (C=O) groups is 1. The number of hydrogen-bond acceptors (Lipinski definition) is 9. The second kappa shape index (κ2) is 23.8. The van der Waals surface area contributed by atoms with Crippen molar-refractivity contribution < 1.29 is 51.5 Å². The lowest BCUT2D eigenvalue weighted by atomic mass is 10.0. The first kappa shape index (κ1) is 49.3. The van der Waals surface area contributed by atoms with Gasteiger partial charge in [0, 0.05) is 43.3 Å². The second-order valence-corrected chi connectivity index (χ2v) is 18.1. The zero-order chi connectivity index (χ0) is 45.4. The fraction of sp³-hybridized carbons (Fsp3) is 0.447. The number of likely N-dealkylation sites (N-methyl/N-ethyl adjacent to an activating group) is 1. The molecule has 0 radical (unpaired) electrons. The number of halogens is 2. The van der Waals surface area contributed by atoms with Gasteiger partial charge in [0.1, 0.15) is 23.9 Å². The summed E-state index contributed by atoms with van der Waals surface area (Å²) in [6, 6.07) is 21.2. The van der Waals surface area contributed by atoms with E-state index in [0.29, 0.717) is 41.2 Å². The van der Waals surface area contributed by atoms with E-state index >= 15 is 0 Å². The number of nitrogens with one attached hydrogen (secondary N) is 2. The molecule has 4 aromatic carbocycles. The van der Waals surface area contributed by atoms with Crippen molar-refractivity contribution in [3.63, 3.8) is 0 Å². The van der Waals surface area contributed by atoms with E-state index in [9.17, 15) is 33.0 Å². The molecule has 5 aromatic rings. The number of phosphoric acid groups is 1. The fourth-order valence-electron chi connectivity index (χ4n) is 7.23. The number of nitrogens with zero attached hydrogens (tertiary/aromatic N) is 3. The first-order valence-corrected chi connectivity index (χ1v) is 23.2. The topological polar surface area (TPSA) is 167 Å². The van der Waals surface area contributed by atoms with Crippen LogP contribution in [0, 0.1) is 17.6 Å². The Hall–Kier alpha value is -4.73. The van der Waals surface area contributed by atoms with Crippen molar-refractivity contribution in [2.75, 3.05) is 53.5 Å². The summed E-state index contributed by atoms with van der Waals surface area (Å²) in [5.74, 6) is -2.20. The number of quaternary nitrogens is 1. The fourth-order valence-corrected chi connectivity index (χ4v) is 7.66. The summed E-state index contributed by atoms with van der Waals surface area (Å²) in [5.41, 5.74) is 3.12. The minimum Gasteiger partial charge on any atom is -0.746 e. The number of aliphatic hydroxyl groups is 1. The quantitative estimate of drug-likeness (QED) is 0.0232. The molecular formula is C47H62F2N5O8P. The Morgan fingerprint density at radius 3 is 2.37 bits per heavy atom. The predicted octanol–water partition coefficient (Wildman–Crippen LogP) is 7.83. The van der Waals surface area contributed by atoms with E-state index in [-0.39, 0.29) is 52.8 Å². The number of aliphatic hydroxyl groups excluding tert-OH is 1. The molecule has 0 bridgehead atoms. The molecule has 0 saturated heterocycles. The summed E-state index contributed by atoms with van der Waals surface area (Å²) in [7, 11) is -1.41. The molecule has 63 heavy (non-hydrogen) atoms. The lowest BCUT2D eigenvalue weighted by molar-refractivity contribution is -0.902. The van der Waals surface area contributed by atoms with Gasteiger partial charge in [0.25, 0.3) is 5.91 Å². The predicted molar refractivity (Wildman–Crippen MR) is 237 cm³/mol. The van der Waals surface area contributed by atoms with E-state index in [1.807, 2.05) is 34.0 Å². The lowest BCUT2D eigenvalue weighted by Crippen LogP contribution is -2.44. The highest BCUT2D eigenvalue weighted by molar-refractivity contribution is 7.45. The third-order valence-electron chi connectivity index (χ3n) is 10.5. The van der Waals surface area contributed by atoms with Gasteiger partial charge < -0.3 is 44.0 Å². The number of carbonyl (C=O) groups excluding carboxylic acids is 1. The van der Waals surface area contributed by atoms with Crippen LogP contribution < -0.4 is 24.8 Å². The van der Waals surface area contributed by atoms with Gasteiger partial charge in [-0.05, 0) is 92.1 Å². The summed E-state index contributed by atoms with van der Waals surface area (Å²) < 4.78 is 58.7. The van der Waals surface area contributed by atoms with Gasteiger partial charge in [0.2, 0.25) is 0 Å². The van der Waals surface area contributed by atoms with Crippen molar-refractivity contribution in [3.05, 3.63) is 119 Å². The van der Waals surface area contributed by atoms with Crippen LogP contribution in [0.2, 0.25) is 0 Å². The monoisotopic (exact) mass is 893 g/mol. The number of benzene rings is 4. The Morgan fingerprint density at radius 2 is 1.63 bits per heavy atom. The average Bonchev–Trinajstić information content (AvgIpc) is 3.60. The number of aryl methyl sites for hydroxylation is 1. The van der Waals surface area contributed by atoms with Crippen LogP contribution >= 0.6 is 7.82 Å². The Labute approximate surface area is 369 Å². The van der Waals surface area contributed by atoms with Crippen LogP contribution in [0.5, 0.6) is 17.2 Å². The number of unbranched alkanes of at least 4 members (excludes halogenated alkanes) is 4. The Bertz CT molecular complexity index is 2270. The van der Waals surface area contributed by atoms with E-state index in [4.69, 9.17) is 14.0 Å². The Morgan fingerprint density at radius 1 is 0.905 bits per heavy atom. The molecule has 0 fully saturated rings. The minimum atomic E-state index is -5.16. The van der Waals surface area contributed by atoms with Gasteiger partial charge in [-0.2, -0.15) is 5.10 Å². The highest BCUT2D eigenvalue weighted by Crippen LogP contribution is 2.37. The van der Waals surface area contributed by atoms with Crippen molar-refractivity contribution in [2.24, 2.45) is 5.92 Å². The van der Waals surface area contributed by atoms with Crippen LogP contribution in [0.25, 0.3) is 10.9 Å². The average molecular weight is 894 g/mol. The SMILES string of the molecule is CC(C)Cn1ncc2cc(Oc3ccc(F)cc3F)c(C(=O)NCC[N+](C)(C)Cc3cc(C(O)CNCCCCCCOCCCCc4ccccc4)ccc3OP(=O)([O-])O)cc21. The molecule has 2 unspecified atom stereocenters. The molecule has 4 N–H and O–H groups in total. The molecule has 1 aromatic heterocycles. The van der Waals surface area contributed by atoms with Gasteiger partial charge in [0.05, 0.1) is 50.6 Å². The third-order valence-corrected chi connectivity index (χ3v) is 10.9. The van der Waals surface area contributed by atoms with Crippen molar-refractivity contribution in [2.45, 2.75) is 78.0 Å². The third kappa shape index (κ3) is 16.4. The van der Waals surface area contributed by atoms with E-state index in [1.165, 1.54) is 11.6 Å². The Kier molecular flexibility index (Phi) is 18.6. The van der Waals surface area contributed by atoms with Crippen molar-refractivity contribution in [3.8, 4) is 17.2 Å². The molecule has 1 heterocycles. The number of ether oxygens (including phenoxy) is 2. The molecule has 342 valence electrons. The van der Waals surface area contributed by atoms with Gasteiger partial charge in [-0.1, -0.05) is 63.1 Å². The van der Waals surface area contributed by atoms with Gasteiger partial charge in [-0.25, -0.2) is 8.78 Å². The Balaban J connectivity index is 1.12. The first-order valence-electron chi connectivity index (χ1n) is 21.7. The molecule has 0 spiro atoms. The summed E-state index contributed by atoms with van der Waals surface area (Å²) in [5, 5.41) is 22.4. The molecular weight excluding hydrogens is 832 g/mol. The summed E-state index contributed by atoms with van der Waals surface area (Å²) in [6.07, 6.45) is 8.00. The summed E-state index contributed by atoms with van der Waals surface area (Å²) in [6.45, 7) is 7.92. The number of aromatic nitrogens is 2. The maximum Gasteiger partial charge on any atom is 0.317 e. The molecule has 13 nitrogen and oxygen atoms in total. The number of phosphoric ester groups is 1. The standard InChI is InChI=1S/C47H62F2N5O8P/c1-34(2)32-53-42-29-40(46(27-37(42)30-52-53)61-45-20-18-39(48)28-41(45)49)47(56)51-22-23-54(3,4)33-38-26-36(17-19-44(38)62-63(57,58)59)43(55)31-50-21-11-5-6-12-24-60-25-13-10-16-35-14-8-7-9-15-35/h7-9,14-15,17-20,26-30,34,43,50,55H,5-6,10-13,16,21-25,31-33H2,1-4H3,(H2-,51,56,57,58,59). The second-order valence-electron chi connectivity index (χ2n) is 17.0. The van der Waals surface area contributed by atoms with E-state index in [0.717, 1.165) is 76.8 Å². The smallest absolute Gasteiger partial charge is 0.317 e. The minimum absolute atomic E-state index is 0.0582. The molecule has 0 aliphatic heterocycles. The van der Waals surface area contributed by atoms with Gasteiger partial charge in [0.15, 0.2) is 11.6 Å². The van der Waals surface area contributed by atoms with Crippen molar-refractivity contribution in [1.29, 1.82) is 0 Å². The summed E-state index contributed by atoms with van der Waals surface area (Å²) >= 11 is 0. The number of hydrogen-bond donors (Lipinski definition) is 4. The van der Waals surface area contributed by atoms with E-state index < -0.39 is 31.5 Å². The lowest BCUT2D eigenvalue weighted by Gasteiger charge is -2.31. The van der Waals surface area contributed by atoms with Gasteiger partial charge in [-0.15, -0.1) is 0 Å². The normalized spacial score (nSPS) is 13.3. The van der Waals surface area contributed by atoms with Crippen LogP contribution in [-0.4, -0.2) is 83.7 Å². The highest BCUT2D eigenvalue weighted by Gasteiger charge is 2.24. The van der Waals surface area contributed by atoms with Crippen LogP contribution in [0.3, 0.4) is 0 Å². The van der Waals surface area contributed by atoms with Crippen molar-refractivity contribution >= 4 is 24.6 Å². The number of fused-ring (bicyclic) bond motifs is 1. The zero-order valence-electron chi connectivity index (χ0n) is 36.7. The maximum atomic E-state index is 14.7. The van der Waals surface area contributed by atoms with Crippen LogP contribution in [-0.2, 0) is 28.8 Å². The first-order chi connectivity index (χ1) is 30.1. The number of rotatable bonds is 27. The molecule has 0 saturated carbocycles. The molecule has 5 rings (SSSR count). The highest BCUT2D eigenvalue weighted by atomic mass is 31.2. The van der Waals surface area contributed by atoms with Crippen molar-refractivity contribution in [1.82, 2.24) is 20.4 Å². The molecule has 2 atom stereocenters. The van der Waals surface area contributed by atoms with E-state index in [2.05, 4.69) is 40.0 Å². The number of amides is 1. The van der Waals surface area contributed by atoms with Crippen LogP contribution in [0.15, 0.2) is 85.1 Å². The molecule has 0 aliphatic rings. The molecule has 1 amide bonds. The van der Waals surface area contributed by atoms with E-state index in [1.54, 1.807) is 35.1 Å².